The summed E-state index contributed by atoms with van der Waals surface area (Å²) in [7, 11) is 1.54. The third-order valence-electron chi connectivity index (χ3n) is 3.76. The van der Waals surface area contributed by atoms with Crippen molar-refractivity contribution in [3.63, 3.8) is 0 Å². The summed E-state index contributed by atoms with van der Waals surface area (Å²) in [5.74, 6) is 0.199. The molecule has 0 bridgehead atoms. The van der Waals surface area contributed by atoms with Gasteiger partial charge < -0.3 is 19.5 Å². The van der Waals surface area contributed by atoms with Gasteiger partial charge in [-0.3, -0.25) is 4.79 Å². The van der Waals surface area contributed by atoms with Gasteiger partial charge in [-0.1, -0.05) is 45.0 Å². The van der Waals surface area contributed by atoms with E-state index >= 15 is 0 Å². The van der Waals surface area contributed by atoms with Gasteiger partial charge >= 0.3 is 5.97 Å². The number of hydrogen-bond donors (Lipinski definition) is 1. The molecule has 0 unspecified atom stereocenters. The minimum atomic E-state index is -0.612. The zero-order valence-electron chi connectivity index (χ0n) is 16.1. The summed E-state index contributed by atoms with van der Waals surface area (Å²) in [6, 6.07) is 14.4. The molecular weight excluding hydrogens is 346 g/mol. The van der Waals surface area contributed by atoms with Crippen molar-refractivity contribution in [2.45, 2.75) is 26.2 Å². The number of rotatable bonds is 7. The summed E-state index contributed by atoms with van der Waals surface area (Å²) < 4.78 is 15.6. The Bertz CT molecular complexity index is 795. The van der Waals surface area contributed by atoms with E-state index in [4.69, 9.17) is 14.2 Å². The molecular formula is C21H25NO5. The number of anilines is 1. The number of amides is 1. The number of carbonyl (C=O) groups excluding carboxylic acids is 2. The van der Waals surface area contributed by atoms with E-state index in [1.807, 2.05) is 24.3 Å². The second kappa shape index (κ2) is 9.07. The van der Waals surface area contributed by atoms with Crippen LogP contribution in [0.4, 0.5) is 5.69 Å². The van der Waals surface area contributed by atoms with E-state index in [0.29, 0.717) is 17.2 Å². The molecule has 0 atom stereocenters. The van der Waals surface area contributed by atoms with Crippen LogP contribution in [0.1, 0.15) is 26.3 Å². The molecule has 2 aromatic rings. The summed E-state index contributed by atoms with van der Waals surface area (Å²) in [6.07, 6.45) is 0. The van der Waals surface area contributed by atoms with E-state index in [1.54, 1.807) is 31.4 Å². The van der Waals surface area contributed by atoms with Gasteiger partial charge in [0, 0.05) is 11.8 Å². The maximum Gasteiger partial charge on any atom is 0.344 e. The highest BCUT2D eigenvalue weighted by molar-refractivity contribution is 5.93. The van der Waals surface area contributed by atoms with Crippen molar-refractivity contribution in [1.82, 2.24) is 0 Å². The zero-order valence-corrected chi connectivity index (χ0v) is 16.1. The molecule has 6 heteroatoms. The van der Waals surface area contributed by atoms with Crippen molar-refractivity contribution >= 4 is 17.6 Å². The lowest BCUT2D eigenvalue weighted by Crippen LogP contribution is -2.24. The maximum absolute atomic E-state index is 11.9. The molecule has 1 N–H and O–H groups in total. The average molecular weight is 371 g/mol. The lowest BCUT2D eigenvalue weighted by Gasteiger charge is -2.22. The van der Waals surface area contributed by atoms with Crippen LogP contribution in [-0.2, 0) is 19.7 Å². The molecule has 0 fully saturated rings. The van der Waals surface area contributed by atoms with Gasteiger partial charge in [-0.25, -0.2) is 4.79 Å². The van der Waals surface area contributed by atoms with E-state index in [2.05, 4.69) is 26.1 Å². The first-order chi connectivity index (χ1) is 12.8. The van der Waals surface area contributed by atoms with Crippen molar-refractivity contribution in [2.24, 2.45) is 0 Å². The largest absolute Gasteiger partial charge is 0.497 e. The minimum absolute atomic E-state index is 0.114. The van der Waals surface area contributed by atoms with Crippen LogP contribution in [0.5, 0.6) is 11.5 Å². The van der Waals surface area contributed by atoms with E-state index in [0.717, 1.165) is 5.56 Å². The van der Waals surface area contributed by atoms with Crippen LogP contribution in [0.15, 0.2) is 48.5 Å². The molecule has 0 aliphatic heterocycles. The van der Waals surface area contributed by atoms with Crippen LogP contribution in [0.25, 0.3) is 0 Å². The van der Waals surface area contributed by atoms with E-state index in [-0.39, 0.29) is 18.6 Å². The lowest BCUT2D eigenvalue weighted by atomic mass is 9.86. The SMILES string of the molecule is COc1cccc(NC(=O)COC(=O)COc2ccccc2C(C)(C)C)c1. The number of ether oxygens (including phenoxy) is 3. The van der Waals surface area contributed by atoms with Crippen molar-refractivity contribution < 1.29 is 23.8 Å². The molecule has 2 rings (SSSR count). The summed E-state index contributed by atoms with van der Waals surface area (Å²) >= 11 is 0. The molecule has 0 saturated carbocycles. The van der Waals surface area contributed by atoms with Gasteiger partial charge in [-0.05, 0) is 29.2 Å². The number of esters is 1. The normalized spacial score (nSPS) is 10.8. The molecule has 27 heavy (non-hydrogen) atoms. The number of benzene rings is 2. The number of methoxy groups -OCH3 is 1. The smallest absolute Gasteiger partial charge is 0.344 e. The topological polar surface area (TPSA) is 73.9 Å². The van der Waals surface area contributed by atoms with Crippen LogP contribution in [0, 0.1) is 0 Å². The van der Waals surface area contributed by atoms with Crippen LogP contribution in [0.3, 0.4) is 0 Å². The highest BCUT2D eigenvalue weighted by Gasteiger charge is 2.19. The Morgan fingerprint density at radius 3 is 2.44 bits per heavy atom. The fourth-order valence-corrected chi connectivity index (χ4v) is 2.43. The van der Waals surface area contributed by atoms with Crippen molar-refractivity contribution in [1.29, 1.82) is 0 Å². The Balaban J connectivity index is 1.82. The van der Waals surface area contributed by atoms with E-state index < -0.39 is 11.9 Å². The summed E-state index contributed by atoms with van der Waals surface area (Å²) in [5, 5.41) is 2.64. The first-order valence-electron chi connectivity index (χ1n) is 8.61. The highest BCUT2D eigenvalue weighted by Crippen LogP contribution is 2.30. The predicted molar refractivity (Wildman–Crippen MR) is 103 cm³/mol. The first kappa shape index (κ1) is 20.3. The standard InChI is InChI=1S/C21H25NO5/c1-21(2,3)17-10-5-6-11-18(17)26-14-20(24)27-13-19(23)22-15-8-7-9-16(12-15)25-4/h5-12H,13-14H2,1-4H3,(H,22,23). The third-order valence-corrected chi connectivity index (χ3v) is 3.76. The molecule has 144 valence electrons. The van der Waals surface area contributed by atoms with Gasteiger partial charge in [0.05, 0.1) is 7.11 Å². The summed E-state index contributed by atoms with van der Waals surface area (Å²) in [6.45, 7) is 5.54. The maximum atomic E-state index is 11.9. The number of hydrogen-bond acceptors (Lipinski definition) is 5. The zero-order chi connectivity index (χ0) is 19.9. The lowest BCUT2D eigenvalue weighted by molar-refractivity contribution is -0.149. The molecule has 0 heterocycles. The van der Waals surface area contributed by atoms with Crippen LogP contribution in [-0.4, -0.2) is 32.2 Å². The van der Waals surface area contributed by atoms with Gasteiger partial charge in [0.25, 0.3) is 5.91 Å². The van der Waals surface area contributed by atoms with Gasteiger partial charge in [-0.2, -0.15) is 0 Å². The fraction of sp³-hybridized carbons (Fsp3) is 0.333. The minimum Gasteiger partial charge on any atom is -0.497 e. The second-order valence-electron chi connectivity index (χ2n) is 6.98. The van der Waals surface area contributed by atoms with E-state index in [1.165, 1.54) is 0 Å². The predicted octanol–water partition coefficient (Wildman–Crippen LogP) is 3.55. The Kier molecular flexibility index (Phi) is 6.82. The Hall–Kier alpha value is -3.02. The van der Waals surface area contributed by atoms with Crippen molar-refractivity contribution in [3.05, 3.63) is 54.1 Å². The quantitative estimate of drug-likeness (QED) is 0.754. The summed E-state index contributed by atoms with van der Waals surface area (Å²) in [4.78, 5) is 23.8. The average Bonchev–Trinajstić information content (AvgIpc) is 2.64. The van der Waals surface area contributed by atoms with Crippen molar-refractivity contribution in [2.75, 3.05) is 25.6 Å². The molecule has 2 aromatic carbocycles. The molecule has 0 aromatic heterocycles. The Morgan fingerprint density at radius 2 is 1.74 bits per heavy atom. The highest BCUT2D eigenvalue weighted by atomic mass is 16.6. The Morgan fingerprint density at radius 1 is 1.00 bits per heavy atom. The van der Waals surface area contributed by atoms with Gasteiger partial charge in [0.2, 0.25) is 0 Å². The second-order valence-corrected chi connectivity index (χ2v) is 6.98. The fourth-order valence-electron chi connectivity index (χ4n) is 2.43. The number of para-hydroxylation sites is 1. The third kappa shape index (κ3) is 6.33. The Labute approximate surface area is 159 Å². The van der Waals surface area contributed by atoms with Gasteiger partial charge in [0.1, 0.15) is 11.5 Å². The van der Waals surface area contributed by atoms with Crippen LogP contribution >= 0.6 is 0 Å². The number of nitrogens with one attached hydrogen (secondary N) is 1. The molecule has 1 amide bonds. The molecule has 0 spiro atoms. The molecule has 0 aliphatic carbocycles. The van der Waals surface area contributed by atoms with Crippen LogP contribution in [0.2, 0.25) is 0 Å². The van der Waals surface area contributed by atoms with E-state index in [9.17, 15) is 9.59 Å². The molecule has 0 saturated heterocycles. The molecule has 0 aliphatic rings. The molecule has 6 nitrogen and oxygen atoms in total. The summed E-state index contributed by atoms with van der Waals surface area (Å²) in [5.41, 5.74) is 1.44. The van der Waals surface area contributed by atoms with Gasteiger partial charge in [0.15, 0.2) is 13.2 Å². The monoisotopic (exact) mass is 371 g/mol. The van der Waals surface area contributed by atoms with Gasteiger partial charge in [-0.15, -0.1) is 0 Å². The molecule has 0 radical (unpaired) electrons. The first-order valence-corrected chi connectivity index (χ1v) is 8.61. The van der Waals surface area contributed by atoms with Crippen molar-refractivity contribution in [3.8, 4) is 11.5 Å². The van der Waals surface area contributed by atoms with Crippen LogP contribution < -0.4 is 14.8 Å². The number of carbonyl (C=O) groups is 2.